The molecule has 0 radical (unpaired) electrons. The molecule has 0 amide bonds. The van der Waals surface area contributed by atoms with Crippen LogP contribution in [-0.4, -0.2) is 12.6 Å². The molecule has 70 valence electrons. The highest BCUT2D eigenvalue weighted by molar-refractivity contribution is 5.74. The lowest BCUT2D eigenvalue weighted by atomic mass is 10.1. The first-order chi connectivity index (χ1) is 5.74. The van der Waals surface area contributed by atoms with Gasteiger partial charge >= 0.3 is 5.97 Å². The molecule has 1 fully saturated rings. The number of esters is 1. The zero-order valence-electron chi connectivity index (χ0n) is 8.01. The van der Waals surface area contributed by atoms with Crippen LogP contribution in [0.15, 0.2) is 0 Å². The zero-order chi connectivity index (χ0) is 8.97. The van der Waals surface area contributed by atoms with Gasteiger partial charge in [0.2, 0.25) is 0 Å². The molecule has 2 nitrogen and oxygen atoms in total. The molecule has 0 aromatic heterocycles. The van der Waals surface area contributed by atoms with Crippen LogP contribution in [0.4, 0.5) is 0 Å². The summed E-state index contributed by atoms with van der Waals surface area (Å²) >= 11 is 0. The minimum Gasteiger partial charge on any atom is -0.465 e. The van der Waals surface area contributed by atoms with Crippen LogP contribution in [0.25, 0.3) is 0 Å². The molecule has 0 spiro atoms. The molecular weight excluding hydrogens is 152 g/mol. The molecule has 0 bridgehead atoms. The summed E-state index contributed by atoms with van der Waals surface area (Å²) in [4.78, 5) is 11.1. The maximum atomic E-state index is 11.1. The molecule has 0 aromatic carbocycles. The van der Waals surface area contributed by atoms with E-state index >= 15 is 0 Å². The molecule has 0 aliphatic heterocycles. The Balaban J connectivity index is 2.03. The first-order valence-electron chi connectivity index (χ1n) is 4.90. The molecule has 1 saturated carbocycles. The van der Waals surface area contributed by atoms with Gasteiger partial charge in [0.15, 0.2) is 0 Å². The summed E-state index contributed by atoms with van der Waals surface area (Å²) in [6.07, 6.45) is 4.40. The monoisotopic (exact) mass is 170 g/mol. The summed E-state index contributed by atoms with van der Waals surface area (Å²) < 4.78 is 5.14. The van der Waals surface area contributed by atoms with Gasteiger partial charge in [0, 0.05) is 0 Å². The summed E-state index contributed by atoms with van der Waals surface area (Å²) in [6.45, 7) is 4.89. The summed E-state index contributed by atoms with van der Waals surface area (Å²) in [5.74, 6) is 0.800. The second-order valence-corrected chi connectivity index (χ2v) is 3.80. The second-order valence-electron chi connectivity index (χ2n) is 3.80. The van der Waals surface area contributed by atoms with Crippen LogP contribution in [0, 0.1) is 11.8 Å². The molecule has 1 rings (SSSR count). The molecule has 1 unspecified atom stereocenters. The van der Waals surface area contributed by atoms with Gasteiger partial charge < -0.3 is 4.74 Å². The molecule has 0 heterocycles. The molecule has 0 aromatic rings. The lowest BCUT2D eigenvalue weighted by Gasteiger charge is -2.09. The molecule has 1 aliphatic carbocycles. The SMILES string of the molecule is CCCC(C)COC(=O)C1CC1. The van der Waals surface area contributed by atoms with Crippen LogP contribution in [-0.2, 0) is 9.53 Å². The van der Waals surface area contributed by atoms with Crippen molar-refractivity contribution in [2.75, 3.05) is 6.61 Å². The third-order valence-electron chi connectivity index (χ3n) is 2.20. The largest absolute Gasteiger partial charge is 0.465 e. The van der Waals surface area contributed by atoms with Crippen molar-refractivity contribution in [2.45, 2.75) is 39.5 Å². The van der Waals surface area contributed by atoms with Crippen molar-refractivity contribution in [1.82, 2.24) is 0 Å². The van der Waals surface area contributed by atoms with Crippen molar-refractivity contribution in [3.63, 3.8) is 0 Å². The van der Waals surface area contributed by atoms with E-state index in [1.165, 1.54) is 6.42 Å². The number of carbonyl (C=O) groups excluding carboxylic acids is 1. The molecule has 0 saturated heterocycles. The van der Waals surface area contributed by atoms with Crippen molar-refractivity contribution >= 4 is 5.97 Å². The number of ether oxygens (including phenoxy) is 1. The van der Waals surface area contributed by atoms with E-state index in [0.29, 0.717) is 12.5 Å². The Morgan fingerprint density at radius 2 is 2.25 bits per heavy atom. The maximum absolute atomic E-state index is 11.1. The van der Waals surface area contributed by atoms with Crippen LogP contribution in [0.5, 0.6) is 0 Å². The van der Waals surface area contributed by atoms with Crippen LogP contribution in [0.3, 0.4) is 0 Å². The van der Waals surface area contributed by atoms with Gasteiger partial charge in [-0.1, -0.05) is 20.3 Å². The van der Waals surface area contributed by atoms with Crippen LogP contribution < -0.4 is 0 Å². The summed E-state index contributed by atoms with van der Waals surface area (Å²) in [5, 5.41) is 0. The fraction of sp³-hybridized carbons (Fsp3) is 0.900. The Morgan fingerprint density at radius 3 is 2.75 bits per heavy atom. The minimum atomic E-state index is 0.0259. The van der Waals surface area contributed by atoms with E-state index in [1.807, 2.05) is 0 Å². The minimum absolute atomic E-state index is 0.0259. The molecule has 2 heteroatoms. The second kappa shape index (κ2) is 4.48. The van der Waals surface area contributed by atoms with E-state index in [-0.39, 0.29) is 11.9 Å². The van der Waals surface area contributed by atoms with E-state index in [1.54, 1.807) is 0 Å². The van der Waals surface area contributed by atoms with Gasteiger partial charge in [0.1, 0.15) is 0 Å². The Morgan fingerprint density at radius 1 is 1.58 bits per heavy atom. The highest BCUT2D eigenvalue weighted by atomic mass is 16.5. The van der Waals surface area contributed by atoms with Gasteiger partial charge in [0.05, 0.1) is 12.5 Å². The predicted octanol–water partition coefficient (Wildman–Crippen LogP) is 2.38. The van der Waals surface area contributed by atoms with Gasteiger partial charge in [-0.15, -0.1) is 0 Å². The lowest BCUT2D eigenvalue weighted by molar-refractivity contribution is -0.146. The van der Waals surface area contributed by atoms with E-state index in [2.05, 4.69) is 13.8 Å². The first-order valence-corrected chi connectivity index (χ1v) is 4.90. The molecule has 1 aliphatic rings. The van der Waals surface area contributed by atoms with Crippen molar-refractivity contribution in [1.29, 1.82) is 0 Å². The average Bonchev–Trinajstić information content (AvgIpc) is 2.83. The summed E-state index contributed by atoms with van der Waals surface area (Å²) in [7, 11) is 0. The van der Waals surface area contributed by atoms with Crippen LogP contribution in [0.2, 0.25) is 0 Å². The smallest absolute Gasteiger partial charge is 0.308 e. The average molecular weight is 170 g/mol. The molecule has 1 atom stereocenters. The van der Waals surface area contributed by atoms with Crippen LogP contribution in [0.1, 0.15) is 39.5 Å². The Hall–Kier alpha value is -0.530. The number of rotatable bonds is 5. The number of hydrogen-bond donors (Lipinski definition) is 0. The fourth-order valence-corrected chi connectivity index (χ4v) is 1.24. The third-order valence-corrected chi connectivity index (χ3v) is 2.20. The van der Waals surface area contributed by atoms with E-state index < -0.39 is 0 Å². The molecular formula is C10H18O2. The Bertz CT molecular complexity index is 150. The third kappa shape index (κ3) is 3.24. The maximum Gasteiger partial charge on any atom is 0.308 e. The van der Waals surface area contributed by atoms with Crippen molar-refractivity contribution < 1.29 is 9.53 Å². The van der Waals surface area contributed by atoms with Crippen LogP contribution >= 0.6 is 0 Å². The standard InChI is InChI=1S/C10H18O2/c1-3-4-8(2)7-12-10(11)9-5-6-9/h8-9H,3-7H2,1-2H3. The molecule has 12 heavy (non-hydrogen) atoms. The Labute approximate surface area is 74.3 Å². The summed E-state index contributed by atoms with van der Waals surface area (Å²) in [6, 6.07) is 0. The van der Waals surface area contributed by atoms with E-state index in [4.69, 9.17) is 4.74 Å². The van der Waals surface area contributed by atoms with E-state index in [9.17, 15) is 4.79 Å². The lowest BCUT2D eigenvalue weighted by Crippen LogP contribution is -2.12. The Kier molecular flexibility index (Phi) is 3.57. The van der Waals surface area contributed by atoms with Crippen molar-refractivity contribution in [3.05, 3.63) is 0 Å². The topological polar surface area (TPSA) is 26.3 Å². The normalized spacial score (nSPS) is 18.8. The van der Waals surface area contributed by atoms with Gasteiger partial charge in [-0.05, 0) is 25.2 Å². The predicted molar refractivity (Wildman–Crippen MR) is 47.8 cm³/mol. The van der Waals surface area contributed by atoms with Crippen molar-refractivity contribution in [2.24, 2.45) is 11.8 Å². The van der Waals surface area contributed by atoms with Gasteiger partial charge in [-0.2, -0.15) is 0 Å². The quantitative estimate of drug-likeness (QED) is 0.592. The number of hydrogen-bond acceptors (Lipinski definition) is 2. The van der Waals surface area contributed by atoms with E-state index in [0.717, 1.165) is 19.3 Å². The zero-order valence-corrected chi connectivity index (χ0v) is 8.01. The van der Waals surface area contributed by atoms with Gasteiger partial charge in [-0.3, -0.25) is 4.79 Å². The first kappa shape index (κ1) is 9.56. The summed E-state index contributed by atoms with van der Waals surface area (Å²) in [5.41, 5.74) is 0. The highest BCUT2D eigenvalue weighted by Gasteiger charge is 2.31. The number of carbonyl (C=O) groups is 1. The van der Waals surface area contributed by atoms with Crippen molar-refractivity contribution in [3.8, 4) is 0 Å². The highest BCUT2D eigenvalue weighted by Crippen LogP contribution is 2.30. The van der Waals surface area contributed by atoms with Gasteiger partial charge in [-0.25, -0.2) is 0 Å². The fourth-order valence-electron chi connectivity index (χ4n) is 1.24. The van der Waals surface area contributed by atoms with Gasteiger partial charge in [0.25, 0.3) is 0 Å². The molecule has 0 N–H and O–H groups in total.